The van der Waals surface area contributed by atoms with Crippen molar-refractivity contribution < 1.29 is 4.42 Å². The Morgan fingerprint density at radius 1 is 1.00 bits per heavy atom. The van der Waals surface area contributed by atoms with Crippen LogP contribution in [0.5, 0.6) is 0 Å². The lowest BCUT2D eigenvalue weighted by Gasteiger charge is -2.00. The molecule has 0 radical (unpaired) electrons. The summed E-state index contributed by atoms with van der Waals surface area (Å²) in [5.41, 5.74) is 4.32. The van der Waals surface area contributed by atoms with Crippen molar-refractivity contribution in [2.75, 3.05) is 0 Å². The zero-order valence-corrected chi connectivity index (χ0v) is 11.1. The van der Waals surface area contributed by atoms with Gasteiger partial charge >= 0.3 is 5.84 Å². The normalized spacial score (nSPS) is 11.4. The topological polar surface area (TPSA) is 43.3 Å². The van der Waals surface area contributed by atoms with Crippen molar-refractivity contribution in [1.82, 2.24) is 14.6 Å². The van der Waals surface area contributed by atoms with Crippen LogP contribution < -0.4 is 0 Å². The number of aryl methyl sites for hydroxylation is 1. The highest BCUT2D eigenvalue weighted by molar-refractivity contribution is 5.76. The van der Waals surface area contributed by atoms with Crippen LogP contribution in [0.3, 0.4) is 0 Å². The van der Waals surface area contributed by atoms with Gasteiger partial charge < -0.3 is 4.42 Å². The third-order valence-electron chi connectivity index (χ3n) is 3.49. The fraction of sp³-hybridized carbons (Fsp3) is 0.125. The Hall–Kier alpha value is -2.62. The fourth-order valence-electron chi connectivity index (χ4n) is 2.44. The molecule has 0 spiro atoms. The Kier molecular flexibility index (Phi) is 2.36. The molecule has 4 rings (SSSR count). The van der Waals surface area contributed by atoms with E-state index in [0.29, 0.717) is 5.84 Å². The molecule has 2 aromatic heterocycles. The number of fused-ring (bicyclic) bond motifs is 3. The summed E-state index contributed by atoms with van der Waals surface area (Å²) in [6, 6.07) is 16.4. The van der Waals surface area contributed by atoms with Gasteiger partial charge in [-0.15, -0.1) is 5.10 Å². The second kappa shape index (κ2) is 4.20. The molecular weight excluding hydrogens is 250 g/mol. The predicted molar refractivity (Wildman–Crippen MR) is 76.7 cm³/mol. The van der Waals surface area contributed by atoms with Gasteiger partial charge in [0.2, 0.25) is 0 Å². The first-order chi connectivity index (χ1) is 9.81. The standard InChI is InChI=1S/C16H13N3O/c1-11-6-8-12(9-7-11)10-15-17-18-16-19(15)13-4-2-3-5-14(13)20-16/h2-9H,10H2,1H3. The summed E-state index contributed by atoms with van der Waals surface area (Å²) in [7, 11) is 0. The minimum atomic E-state index is 0.549. The third kappa shape index (κ3) is 1.69. The summed E-state index contributed by atoms with van der Waals surface area (Å²) < 4.78 is 7.66. The van der Waals surface area contributed by atoms with Gasteiger partial charge in [-0.3, -0.25) is 0 Å². The molecular formula is C16H13N3O. The van der Waals surface area contributed by atoms with E-state index in [-0.39, 0.29) is 0 Å². The minimum Gasteiger partial charge on any atom is -0.422 e. The van der Waals surface area contributed by atoms with Gasteiger partial charge in [-0.05, 0) is 24.6 Å². The molecule has 20 heavy (non-hydrogen) atoms. The summed E-state index contributed by atoms with van der Waals surface area (Å²) in [5.74, 6) is 1.45. The molecule has 0 unspecified atom stereocenters. The van der Waals surface area contributed by atoms with Crippen LogP contribution >= 0.6 is 0 Å². The van der Waals surface area contributed by atoms with Gasteiger partial charge in [0.1, 0.15) is 5.82 Å². The van der Waals surface area contributed by atoms with E-state index in [2.05, 4.69) is 41.4 Å². The molecule has 0 N–H and O–H groups in total. The Bertz CT molecular complexity index is 887. The lowest BCUT2D eigenvalue weighted by Crippen LogP contribution is -1.95. The number of rotatable bonds is 2. The Balaban J connectivity index is 1.85. The average molecular weight is 263 g/mol. The van der Waals surface area contributed by atoms with E-state index in [1.165, 1.54) is 11.1 Å². The lowest BCUT2D eigenvalue weighted by molar-refractivity contribution is 0.637. The number of hydrogen-bond donors (Lipinski definition) is 0. The van der Waals surface area contributed by atoms with E-state index in [0.717, 1.165) is 23.3 Å². The van der Waals surface area contributed by atoms with Gasteiger partial charge in [-0.1, -0.05) is 47.1 Å². The molecule has 98 valence electrons. The fourth-order valence-corrected chi connectivity index (χ4v) is 2.44. The maximum atomic E-state index is 5.68. The van der Waals surface area contributed by atoms with Crippen molar-refractivity contribution >= 4 is 16.9 Å². The second-order valence-electron chi connectivity index (χ2n) is 4.97. The molecule has 0 bridgehead atoms. The molecule has 0 aliphatic heterocycles. The first-order valence-electron chi connectivity index (χ1n) is 6.58. The summed E-state index contributed by atoms with van der Waals surface area (Å²) in [6.07, 6.45) is 0.741. The zero-order valence-electron chi connectivity index (χ0n) is 11.1. The van der Waals surface area contributed by atoms with Gasteiger partial charge in [0.05, 0.1) is 5.52 Å². The molecule has 4 heteroatoms. The van der Waals surface area contributed by atoms with Gasteiger partial charge in [-0.25, -0.2) is 4.40 Å². The first kappa shape index (κ1) is 11.2. The van der Waals surface area contributed by atoms with E-state index in [1.807, 2.05) is 28.7 Å². The Labute approximate surface area is 115 Å². The summed E-state index contributed by atoms with van der Waals surface area (Å²) in [4.78, 5) is 0. The number of aromatic nitrogens is 3. The van der Waals surface area contributed by atoms with Crippen molar-refractivity contribution in [3.63, 3.8) is 0 Å². The molecule has 0 amide bonds. The molecule has 0 saturated heterocycles. The number of hydrogen-bond acceptors (Lipinski definition) is 3. The van der Waals surface area contributed by atoms with Crippen LogP contribution in [0.15, 0.2) is 52.9 Å². The zero-order chi connectivity index (χ0) is 13.5. The van der Waals surface area contributed by atoms with Crippen molar-refractivity contribution in [2.45, 2.75) is 13.3 Å². The number of benzene rings is 2. The number of para-hydroxylation sites is 2. The van der Waals surface area contributed by atoms with Crippen LogP contribution in [0.1, 0.15) is 17.0 Å². The van der Waals surface area contributed by atoms with Crippen LogP contribution in [0.2, 0.25) is 0 Å². The van der Waals surface area contributed by atoms with Crippen LogP contribution in [0.4, 0.5) is 0 Å². The van der Waals surface area contributed by atoms with Crippen molar-refractivity contribution in [1.29, 1.82) is 0 Å². The molecule has 0 aliphatic carbocycles. The predicted octanol–water partition coefficient (Wildman–Crippen LogP) is 3.37. The van der Waals surface area contributed by atoms with Crippen LogP contribution in [-0.2, 0) is 6.42 Å². The van der Waals surface area contributed by atoms with Gasteiger partial charge in [0, 0.05) is 6.42 Å². The van der Waals surface area contributed by atoms with E-state index >= 15 is 0 Å². The van der Waals surface area contributed by atoms with Crippen molar-refractivity contribution in [3.05, 3.63) is 65.5 Å². The van der Waals surface area contributed by atoms with Gasteiger partial charge in [0.25, 0.3) is 0 Å². The highest BCUT2D eigenvalue weighted by atomic mass is 16.4. The third-order valence-corrected chi connectivity index (χ3v) is 3.49. The van der Waals surface area contributed by atoms with E-state index < -0.39 is 0 Å². The number of oxazole rings is 1. The SMILES string of the molecule is Cc1ccc(Cc2nnc3oc4ccccc4n23)cc1. The van der Waals surface area contributed by atoms with Crippen molar-refractivity contribution in [2.24, 2.45) is 0 Å². The monoisotopic (exact) mass is 263 g/mol. The van der Waals surface area contributed by atoms with E-state index in [9.17, 15) is 0 Å². The smallest absolute Gasteiger partial charge is 0.327 e. The lowest BCUT2D eigenvalue weighted by atomic mass is 10.1. The summed E-state index contributed by atoms with van der Waals surface area (Å²) in [5, 5.41) is 8.36. The molecule has 0 saturated carbocycles. The van der Waals surface area contributed by atoms with Crippen LogP contribution in [0, 0.1) is 6.92 Å². The molecule has 2 heterocycles. The summed E-state index contributed by atoms with van der Waals surface area (Å²) in [6.45, 7) is 2.09. The van der Waals surface area contributed by atoms with Gasteiger partial charge in [-0.2, -0.15) is 0 Å². The molecule has 4 aromatic rings. The highest BCUT2D eigenvalue weighted by Gasteiger charge is 2.13. The van der Waals surface area contributed by atoms with Crippen LogP contribution in [0.25, 0.3) is 16.9 Å². The van der Waals surface area contributed by atoms with Crippen molar-refractivity contribution in [3.8, 4) is 0 Å². The first-order valence-corrected chi connectivity index (χ1v) is 6.58. The quantitative estimate of drug-likeness (QED) is 0.557. The molecule has 2 aromatic carbocycles. The average Bonchev–Trinajstić information content (AvgIpc) is 3.01. The van der Waals surface area contributed by atoms with Gasteiger partial charge in [0.15, 0.2) is 5.58 Å². The van der Waals surface area contributed by atoms with Crippen LogP contribution in [-0.4, -0.2) is 14.6 Å². The van der Waals surface area contributed by atoms with E-state index in [4.69, 9.17) is 4.42 Å². The second-order valence-corrected chi connectivity index (χ2v) is 4.97. The molecule has 0 aliphatic rings. The number of nitrogens with zero attached hydrogens (tertiary/aromatic N) is 3. The summed E-state index contributed by atoms with van der Waals surface area (Å²) >= 11 is 0. The largest absolute Gasteiger partial charge is 0.422 e. The Morgan fingerprint density at radius 3 is 2.65 bits per heavy atom. The molecule has 0 fully saturated rings. The molecule has 4 nitrogen and oxygen atoms in total. The highest BCUT2D eigenvalue weighted by Crippen LogP contribution is 2.21. The maximum Gasteiger partial charge on any atom is 0.327 e. The van der Waals surface area contributed by atoms with E-state index in [1.54, 1.807) is 0 Å². The Morgan fingerprint density at radius 2 is 1.80 bits per heavy atom. The molecule has 0 atom stereocenters. The minimum absolute atomic E-state index is 0.549. The maximum absolute atomic E-state index is 5.68.